The molecule has 5 heteroatoms. The number of hydrogen-bond donors (Lipinski definition) is 1. The lowest BCUT2D eigenvalue weighted by Gasteiger charge is -2.10. The van der Waals surface area contributed by atoms with Gasteiger partial charge in [0.15, 0.2) is 0 Å². The fraction of sp³-hybridized carbons (Fsp3) is 0.250. The summed E-state index contributed by atoms with van der Waals surface area (Å²) in [5, 5.41) is 14.4. The highest BCUT2D eigenvalue weighted by Gasteiger charge is 2.09. The Hall–Kier alpha value is -2.07. The molecule has 0 saturated heterocycles. The summed E-state index contributed by atoms with van der Waals surface area (Å²) in [5.74, 6) is 0.498. The molecule has 0 atom stereocenters. The lowest BCUT2D eigenvalue weighted by molar-refractivity contribution is -0.384. The van der Waals surface area contributed by atoms with Gasteiger partial charge in [0, 0.05) is 18.7 Å². The molecule has 1 N–H and O–H groups in total. The van der Waals surface area contributed by atoms with Gasteiger partial charge < -0.3 is 5.32 Å². The van der Waals surface area contributed by atoms with Gasteiger partial charge in [0.05, 0.1) is 15.6 Å². The van der Waals surface area contributed by atoms with Crippen LogP contribution >= 0.6 is 11.6 Å². The summed E-state index contributed by atoms with van der Waals surface area (Å²) in [6.07, 6.45) is 0. The number of rotatable bonds is 5. The summed E-state index contributed by atoms with van der Waals surface area (Å²) in [5.41, 5.74) is 2.98. The van der Waals surface area contributed by atoms with Crippen molar-refractivity contribution in [3.8, 4) is 0 Å². The topological polar surface area (TPSA) is 55.2 Å². The maximum atomic E-state index is 10.8. The summed E-state index contributed by atoms with van der Waals surface area (Å²) in [4.78, 5) is 10.3. The van der Waals surface area contributed by atoms with Crippen LogP contribution < -0.4 is 5.32 Å². The monoisotopic (exact) mass is 304 g/mol. The van der Waals surface area contributed by atoms with E-state index in [0.29, 0.717) is 23.2 Å². The Kier molecular flexibility index (Phi) is 4.81. The SMILES string of the molecule is CC(C)c1ccc(CNc2cc([N+](=O)[O-])ccc2Cl)cc1. The predicted molar refractivity (Wildman–Crippen MR) is 86.0 cm³/mol. The Morgan fingerprint density at radius 1 is 1.19 bits per heavy atom. The number of halogens is 1. The highest BCUT2D eigenvalue weighted by atomic mass is 35.5. The molecular weight excluding hydrogens is 288 g/mol. The molecule has 0 aliphatic rings. The van der Waals surface area contributed by atoms with Crippen molar-refractivity contribution in [1.82, 2.24) is 0 Å². The molecule has 0 spiro atoms. The molecule has 4 nitrogen and oxygen atoms in total. The van der Waals surface area contributed by atoms with Crippen LogP contribution in [-0.2, 0) is 6.54 Å². The third-order valence-corrected chi connectivity index (χ3v) is 3.62. The largest absolute Gasteiger partial charge is 0.380 e. The molecular formula is C16H17ClN2O2. The van der Waals surface area contributed by atoms with Crippen molar-refractivity contribution in [2.24, 2.45) is 0 Å². The van der Waals surface area contributed by atoms with Crippen molar-refractivity contribution in [2.75, 3.05) is 5.32 Å². The third-order valence-electron chi connectivity index (χ3n) is 3.29. The lowest BCUT2D eigenvalue weighted by Crippen LogP contribution is -2.01. The predicted octanol–water partition coefficient (Wildman–Crippen LogP) is 4.98. The van der Waals surface area contributed by atoms with E-state index in [-0.39, 0.29) is 5.69 Å². The minimum atomic E-state index is -0.432. The van der Waals surface area contributed by atoms with Gasteiger partial charge in [-0.1, -0.05) is 49.7 Å². The summed E-state index contributed by atoms with van der Waals surface area (Å²) in [6, 6.07) is 12.7. The van der Waals surface area contributed by atoms with E-state index in [2.05, 4.69) is 31.3 Å². The molecule has 0 heterocycles. The van der Waals surface area contributed by atoms with E-state index >= 15 is 0 Å². The fourth-order valence-corrected chi connectivity index (χ4v) is 2.16. The van der Waals surface area contributed by atoms with E-state index in [9.17, 15) is 10.1 Å². The van der Waals surface area contributed by atoms with Gasteiger partial charge in [-0.15, -0.1) is 0 Å². The maximum absolute atomic E-state index is 10.8. The molecule has 2 rings (SSSR count). The minimum absolute atomic E-state index is 0.0251. The van der Waals surface area contributed by atoms with E-state index in [4.69, 9.17) is 11.6 Å². The minimum Gasteiger partial charge on any atom is -0.380 e. The average Bonchev–Trinajstić information content (AvgIpc) is 2.46. The zero-order valence-electron chi connectivity index (χ0n) is 12.0. The first-order valence-corrected chi connectivity index (χ1v) is 7.12. The molecule has 110 valence electrons. The Morgan fingerprint density at radius 2 is 1.86 bits per heavy atom. The van der Waals surface area contributed by atoms with Gasteiger partial charge in [0.2, 0.25) is 0 Å². The number of hydrogen-bond acceptors (Lipinski definition) is 3. The number of nitro benzene ring substituents is 1. The van der Waals surface area contributed by atoms with Crippen molar-refractivity contribution in [2.45, 2.75) is 26.3 Å². The second kappa shape index (κ2) is 6.59. The lowest BCUT2D eigenvalue weighted by atomic mass is 10.0. The Morgan fingerprint density at radius 3 is 2.43 bits per heavy atom. The standard InChI is InChI=1S/C16H17ClN2O2/c1-11(2)13-5-3-12(4-6-13)10-18-16-9-14(19(20)21)7-8-15(16)17/h3-9,11,18H,10H2,1-2H3. The van der Waals surface area contributed by atoms with Crippen LogP contribution in [0.5, 0.6) is 0 Å². The first-order valence-electron chi connectivity index (χ1n) is 6.74. The van der Waals surface area contributed by atoms with Crippen LogP contribution in [0, 0.1) is 10.1 Å². The number of nitrogens with one attached hydrogen (secondary N) is 1. The molecule has 21 heavy (non-hydrogen) atoms. The van der Waals surface area contributed by atoms with Gasteiger partial charge in [-0.3, -0.25) is 10.1 Å². The van der Waals surface area contributed by atoms with Crippen LogP contribution in [0.1, 0.15) is 30.9 Å². The van der Waals surface area contributed by atoms with E-state index in [1.165, 1.54) is 23.8 Å². The molecule has 0 amide bonds. The van der Waals surface area contributed by atoms with E-state index < -0.39 is 4.92 Å². The van der Waals surface area contributed by atoms with Crippen LogP contribution in [0.15, 0.2) is 42.5 Å². The Labute approximate surface area is 128 Å². The normalized spacial score (nSPS) is 10.7. The van der Waals surface area contributed by atoms with Crippen LogP contribution in [0.2, 0.25) is 5.02 Å². The van der Waals surface area contributed by atoms with E-state index in [0.717, 1.165) is 5.56 Å². The van der Waals surface area contributed by atoms with Gasteiger partial charge >= 0.3 is 0 Å². The molecule has 0 saturated carbocycles. The molecule has 0 aromatic heterocycles. The van der Waals surface area contributed by atoms with Crippen LogP contribution in [0.25, 0.3) is 0 Å². The summed E-state index contributed by atoms with van der Waals surface area (Å²) < 4.78 is 0. The number of nitrogens with zero attached hydrogens (tertiary/aromatic N) is 1. The number of benzene rings is 2. The molecule has 0 bridgehead atoms. The molecule has 0 fully saturated rings. The molecule has 0 radical (unpaired) electrons. The van der Waals surface area contributed by atoms with Gasteiger partial charge in [-0.05, 0) is 23.1 Å². The molecule has 0 aliphatic heterocycles. The number of anilines is 1. The molecule has 2 aromatic carbocycles. The summed E-state index contributed by atoms with van der Waals surface area (Å²) in [6.45, 7) is 4.87. The van der Waals surface area contributed by atoms with Gasteiger partial charge in [0.25, 0.3) is 5.69 Å². The van der Waals surface area contributed by atoms with Crippen molar-refractivity contribution < 1.29 is 4.92 Å². The van der Waals surface area contributed by atoms with E-state index in [1.807, 2.05) is 12.1 Å². The van der Waals surface area contributed by atoms with Gasteiger partial charge in [-0.25, -0.2) is 0 Å². The molecule has 0 unspecified atom stereocenters. The fourth-order valence-electron chi connectivity index (χ4n) is 1.98. The highest BCUT2D eigenvalue weighted by molar-refractivity contribution is 6.33. The molecule has 0 aliphatic carbocycles. The third kappa shape index (κ3) is 3.95. The summed E-state index contributed by atoms with van der Waals surface area (Å²) >= 11 is 6.05. The Balaban J connectivity index is 2.09. The Bertz CT molecular complexity index is 639. The smallest absolute Gasteiger partial charge is 0.271 e. The summed E-state index contributed by atoms with van der Waals surface area (Å²) in [7, 11) is 0. The van der Waals surface area contributed by atoms with Crippen molar-refractivity contribution in [3.63, 3.8) is 0 Å². The van der Waals surface area contributed by atoms with Crippen LogP contribution in [0.4, 0.5) is 11.4 Å². The van der Waals surface area contributed by atoms with Crippen LogP contribution in [0.3, 0.4) is 0 Å². The van der Waals surface area contributed by atoms with Crippen LogP contribution in [-0.4, -0.2) is 4.92 Å². The van der Waals surface area contributed by atoms with Crippen molar-refractivity contribution in [1.29, 1.82) is 0 Å². The maximum Gasteiger partial charge on any atom is 0.271 e. The van der Waals surface area contributed by atoms with Crippen molar-refractivity contribution in [3.05, 3.63) is 68.7 Å². The second-order valence-electron chi connectivity index (χ2n) is 5.17. The first kappa shape index (κ1) is 15.3. The second-order valence-corrected chi connectivity index (χ2v) is 5.58. The average molecular weight is 305 g/mol. The first-order chi connectivity index (χ1) is 9.97. The van der Waals surface area contributed by atoms with E-state index in [1.54, 1.807) is 0 Å². The van der Waals surface area contributed by atoms with Gasteiger partial charge in [-0.2, -0.15) is 0 Å². The highest BCUT2D eigenvalue weighted by Crippen LogP contribution is 2.27. The van der Waals surface area contributed by atoms with Gasteiger partial charge in [0.1, 0.15) is 0 Å². The zero-order valence-corrected chi connectivity index (χ0v) is 12.7. The zero-order chi connectivity index (χ0) is 15.4. The quantitative estimate of drug-likeness (QED) is 0.626. The number of non-ortho nitro benzene ring substituents is 1. The number of nitro groups is 1. The molecule has 2 aromatic rings. The van der Waals surface area contributed by atoms with Crippen molar-refractivity contribution >= 4 is 23.0 Å².